The molecule has 0 aromatic carbocycles. The topological polar surface area (TPSA) is 30.8 Å². The molecule has 0 saturated carbocycles. The molecule has 0 spiro atoms. The van der Waals surface area contributed by atoms with Gasteiger partial charge >= 0.3 is 0 Å². The summed E-state index contributed by atoms with van der Waals surface area (Å²) in [5.41, 5.74) is 0. The largest absolute Gasteiger partial charge is 0.482 e. The molecule has 0 amide bonds. The van der Waals surface area contributed by atoms with Crippen LogP contribution < -0.4 is 0 Å². The third-order valence-electron chi connectivity index (χ3n) is 2.15. The molecule has 0 aromatic heterocycles. The number of hydrogen-bond acceptors (Lipinski definition) is 3. The van der Waals surface area contributed by atoms with Crippen LogP contribution in [0.2, 0.25) is 0 Å². The van der Waals surface area contributed by atoms with E-state index in [0.29, 0.717) is 5.92 Å². The molecule has 0 radical (unpaired) electrons. The minimum Gasteiger partial charge on any atom is -0.482 e. The van der Waals surface area contributed by atoms with Gasteiger partial charge in [-0.1, -0.05) is 0 Å². The van der Waals surface area contributed by atoms with E-state index >= 15 is 0 Å². The van der Waals surface area contributed by atoms with Crippen LogP contribution in [0, 0.1) is 5.92 Å². The van der Waals surface area contributed by atoms with E-state index in [9.17, 15) is 0 Å². The minimum absolute atomic E-state index is 0.185. The number of ether oxygens (including phenoxy) is 2. The van der Waals surface area contributed by atoms with E-state index in [1.54, 1.807) is 7.11 Å². The van der Waals surface area contributed by atoms with Crippen LogP contribution in [0.15, 0.2) is 4.99 Å². The molecule has 1 fully saturated rings. The van der Waals surface area contributed by atoms with E-state index in [-0.39, 0.29) is 6.10 Å². The molecule has 0 bridgehead atoms. The fourth-order valence-electron chi connectivity index (χ4n) is 1.57. The summed E-state index contributed by atoms with van der Waals surface area (Å²) >= 11 is 0. The van der Waals surface area contributed by atoms with Gasteiger partial charge in [0.1, 0.15) is 6.10 Å². The summed E-state index contributed by atoms with van der Waals surface area (Å²) < 4.78 is 10.5. The predicted molar refractivity (Wildman–Crippen MR) is 37.2 cm³/mol. The lowest BCUT2D eigenvalue weighted by atomic mass is 10.1. The Morgan fingerprint density at radius 1 is 1.70 bits per heavy atom. The van der Waals surface area contributed by atoms with Crippen LogP contribution in [0.1, 0.15) is 6.42 Å². The van der Waals surface area contributed by atoms with Crippen molar-refractivity contribution in [3.05, 3.63) is 0 Å². The summed E-state index contributed by atoms with van der Waals surface area (Å²) in [5.74, 6) is 1.40. The Morgan fingerprint density at radius 3 is 3.40 bits per heavy atom. The van der Waals surface area contributed by atoms with Crippen LogP contribution in [0.5, 0.6) is 0 Å². The number of nitrogens with zero attached hydrogens (tertiary/aromatic N) is 1. The lowest BCUT2D eigenvalue weighted by molar-refractivity contribution is 0.131. The zero-order valence-electron chi connectivity index (χ0n) is 6.04. The fourth-order valence-corrected chi connectivity index (χ4v) is 1.57. The average molecular weight is 141 g/mol. The van der Waals surface area contributed by atoms with Crippen LogP contribution in [0.4, 0.5) is 0 Å². The molecule has 0 unspecified atom stereocenters. The van der Waals surface area contributed by atoms with Gasteiger partial charge in [0.15, 0.2) is 0 Å². The quantitative estimate of drug-likeness (QED) is 0.490. The zero-order valence-corrected chi connectivity index (χ0v) is 6.04. The Bertz CT molecular complexity index is 167. The molecule has 2 atom stereocenters. The summed E-state index contributed by atoms with van der Waals surface area (Å²) in [6.45, 7) is 1.77. The lowest BCUT2D eigenvalue weighted by Crippen LogP contribution is -2.22. The molecule has 0 aliphatic carbocycles. The highest BCUT2D eigenvalue weighted by Gasteiger charge is 2.37. The van der Waals surface area contributed by atoms with Crippen molar-refractivity contribution in [2.45, 2.75) is 12.5 Å². The number of rotatable bonds is 0. The van der Waals surface area contributed by atoms with Gasteiger partial charge in [-0.25, -0.2) is 0 Å². The third-order valence-corrected chi connectivity index (χ3v) is 2.15. The van der Waals surface area contributed by atoms with E-state index in [2.05, 4.69) is 4.99 Å². The molecule has 2 heterocycles. The molecule has 2 rings (SSSR count). The van der Waals surface area contributed by atoms with Crippen molar-refractivity contribution < 1.29 is 9.47 Å². The fraction of sp³-hybridized carbons (Fsp3) is 0.857. The number of methoxy groups -OCH3 is 1. The summed E-state index contributed by atoms with van der Waals surface area (Å²) in [5, 5.41) is 0. The molecule has 10 heavy (non-hydrogen) atoms. The molecule has 2 aliphatic heterocycles. The van der Waals surface area contributed by atoms with Gasteiger partial charge in [0.05, 0.1) is 7.11 Å². The zero-order chi connectivity index (χ0) is 6.97. The second kappa shape index (κ2) is 2.23. The van der Waals surface area contributed by atoms with Crippen molar-refractivity contribution in [2.24, 2.45) is 10.9 Å². The van der Waals surface area contributed by atoms with Crippen LogP contribution in [0.3, 0.4) is 0 Å². The highest BCUT2D eigenvalue weighted by molar-refractivity contribution is 5.83. The van der Waals surface area contributed by atoms with E-state index in [4.69, 9.17) is 9.47 Å². The Balaban J connectivity index is 2.10. The molecule has 0 N–H and O–H groups in total. The second-order valence-corrected chi connectivity index (χ2v) is 2.72. The maximum Gasteiger partial charge on any atom is 0.213 e. The maximum atomic E-state index is 5.42. The molecule has 2 aliphatic rings. The predicted octanol–water partition coefficient (Wildman–Crippen LogP) is 0.450. The lowest BCUT2D eigenvalue weighted by Gasteiger charge is -2.08. The van der Waals surface area contributed by atoms with Crippen LogP contribution in [-0.4, -0.2) is 32.3 Å². The Hall–Kier alpha value is -0.570. The first-order valence-electron chi connectivity index (χ1n) is 3.62. The monoisotopic (exact) mass is 141 g/mol. The molecule has 3 nitrogen and oxygen atoms in total. The van der Waals surface area contributed by atoms with E-state index in [1.807, 2.05) is 0 Å². The molecular weight excluding hydrogens is 130 g/mol. The van der Waals surface area contributed by atoms with Gasteiger partial charge in [-0.3, -0.25) is 4.99 Å². The van der Waals surface area contributed by atoms with E-state index in [0.717, 1.165) is 25.5 Å². The van der Waals surface area contributed by atoms with Crippen molar-refractivity contribution >= 4 is 5.90 Å². The number of hydrogen-bond donors (Lipinski definition) is 0. The van der Waals surface area contributed by atoms with Crippen molar-refractivity contribution in [1.29, 1.82) is 0 Å². The first-order chi connectivity index (χ1) is 4.92. The third kappa shape index (κ3) is 0.736. The number of fused-ring (bicyclic) bond motifs is 1. The minimum atomic E-state index is 0.185. The van der Waals surface area contributed by atoms with Crippen LogP contribution >= 0.6 is 0 Å². The smallest absolute Gasteiger partial charge is 0.213 e. The maximum absolute atomic E-state index is 5.42. The molecular formula is C7H11NO2. The van der Waals surface area contributed by atoms with Gasteiger partial charge < -0.3 is 9.47 Å². The van der Waals surface area contributed by atoms with Crippen molar-refractivity contribution in [1.82, 2.24) is 0 Å². The number of aliphatic imine (C=N–C) groups is 1. The van der Waals surface area contributed by atoms with E-state index < -0.39 is 0 Å². The van der Waals surface area contributed by atoms with Crippen LogP contribution in [0.25, 0.3) is 0 Å². The molecule has 0 aromatic rings. The van der Waals surface area contributed by atoms with Crippen molar-refractivity contribution in [3.63, 3.8) is 0 Å². The van der Waals surface area contributed by atoms with Crippen molar-refractivity contribution in [3.8, 4) is 0 Å². The Kier molecular flexibility index (Phi) is 1.38. The van der Waals surface area contributed by atoms with Gasteiger partial charge in [0.2, 0.25) is 5.90 Å². The SMILES string of the molecule is COC1=NC[C@@H]2CCO[C@H]12. The second-order valence-electron chi connectivity index (χ2n) is 2.72. The summed E-state index contributed by atoms with van der Waals surface area (Å²) in [6.07, 6.45) is 1.33. The molecule has 3 heteroatoms. The van der Waals surface area contributed by atoms with Gasteiger partial charge in [-0.2, -0.15) is 0 Å². The standard InChI is InChI=1S/C7H11NO2/c1-9-7-6-5(4-8-7)2-3-10-6/h5-6H,2-4H2,1H3/t5-,6-/m0/s1. The van der Waals surface area contributed by atoms with Crippen molar-refractivity contribution in [2.75, 3.05) is 20.3 Å². The first-order valence-corrected chi connectivity index (χ1v) is 3.62. The highest BCUT2D eigenvalue weighted by atomic mass is 16.5. The van der Waals surface area contributed by atoms with Gasteiger partial charge in [-0.15, -0.1) is 0 Å². The first kappa shape index (κ1) is 6.16. The summed E-state index contributed by atoms with van der Waals surface area (Å²) in [7, 11) is 1.66. The summed E-state index contributed by atoms with van der Waals surface area (Å²) in [4.78, 5) is 4.21. The average Bonchev–Trinajstić information content (AvgIpc) is 2.44. The Labute approximate surface area is 60.0 Å². The summed E-state index contributed by atoms with van der Waals surface area (Å²) in [6, 6.07) is 0. The molecule has 1 saturated heterocycles. The van der Waals surface area contributed by atoms with Gasteiger partial charge in [-0.05, 0) is 6.42 Å². The highest BCUT2D eigenvalue weighted by Crippen LogP contribution is 2.27. The normalized spacial score (nSPS) is 37.5. The van der Waals surface area contributed by atoms with E-state index in [1.165, 1.54) is 0 Å². The Morgan fingerprint density at radius 2 is 2.60 bits per heavy atom. The molecule has 56 valence electrons. The van der Waals surface area contributed by atoms with Gasteiger partial charge in [0, 0.05) is 19.1 Å². The van der Waals surface area contributed by atoms with Crippen LogP contribution in [-0.2, 0) is 9.47 Å². The van der Waals surface area contributed by atoms with Gasteiger partial charge in [0.25, 0.3) is 0 Å².